The van der Waals surface area contributed by atoms with Gasteiger partial charge in [-0.25, -0.2) is 10.2 Å². The van der Waals surface area contributed by atoms with Gasteiger partial charge in [-0.3, -0.25) is 0 Å². The Morgan fingerprint density at radius 3 is 1.81 bits per heavy atom. The van der Waals surface area contributed by atoms with Gasteiger partial charge in [-0.1, -0.05) is 36.4 Å². The summed E-state index contributed by atoms with van der Waals surface area (Å²) in [6, 6.07) is 14.7. The Balaban J connectivity index is 0.000000552. The first-order chi connectivity index (χ1) is 12.4. The Hall–Kier alpha value is -3.15. The van der Waals surface area contributed by atoms with Gasteiger partial charge in [0.1, 0.15) is 17.3 Å². The van der Waals surface area contributed by atoms with E-state index in [1.165, 1.54) is 13.8 Å². The number of urea groups is 1. The zero-order valence-electron chi connectivity index (χ0n) is 15.4. The van der Waals surface area contributed by atoms with Gasteiger partial charge in [0, 0.05) is 16.8 Å². The molecule has 2 aromatic rings. The number of hydrazone groups is 1. The van der Waals surface area contributed by atoms with E-state index in [1.54, 1.807) is 0 Å². The number of carbonyl (C=O) groups excluding carboxylic acids is 2. The number of hydrogen-bond acceptors (Lipinski definition) is 4. The summed E-state index contributed by atoms with van der Waals surface area (Å²) in [6.45, 7) is 6.69. The van der Waals surface area contributed by atoms with Crippen LogP contribution < -0.4 is 15.5 Å². The molecule has 1 aliphatic rings. The van der Waals surface area contributed by atoms with E-state index >= 15 is 0 Å². The van der Waals surface area contributed by atoms with Crippen molar-refractivity contribution in [3.8, 4) is 11.5 Å². The van der Waals surface area contributed by atoms with Crippen LogP contribution in [0.1, 0.15) is 44.9 Å². The number of nitrogens with one attached hydrogen (secondary N) is 2. The molecule has 2 amide bonds. The van der Waals surface area contributed by atoms with Crippen LogP contribution in [0.4, 0.5) is 4.79 Å². The third-order valence-corrected chi connectivity index (χ3v) is 3.34. The molecule has 0 atom stereocenters. The minimum atomic E-state index is -0.349. The van der Waals surface area contributed by atoms with Crippen LogP contribution in [0.25, 0.3) is 0 Å². The third kappa shape index (κ3) is 5.17. The normalized spacial score (nSPS) is 11.5. The molecule has 6 nitrogen and oxygen atoms in total. The SMILES string of the molecule is CC(C)=NNC(=O)NC1c2ccccc2Oc2ccccc21.CC(C)=O. The number of ketones is 1. The highest BCUT2D eigenvalue weighted by Crippen LogP contribution is 2.42. The highest BCUT2D eigenvalue weighted by molar-refractivity contribution is 5.82. The van der Waals surface area contributed by atoms with Crippen molar-refractivity contribution in [2.24, 2.45) is 5.10 Å². The molecule has 0 fully saturated rings. The van der Waals surface area contributed by atoms with Crippen molar-refractivity contribution in [1.82, 2.24) is 10.7 Å². The molecule has 3 rings (SSSR count). The van der Waals surface area contributed by atoms with Crippen LogP contribution in [0.2, 0.25) is 0 Å². The average molecular weight is 353 g/mol. The maximum atomic E-state index is 12.1. The molecule has 2 N–H and O–H groups in total. The predicted molar refractivity (Wildman–Crippen MR) is 102 cm³/mol. The van der Waals surface area contributed by atoms with E-state index in [0.717, 1.165) is 28.3 Å². The largest absolute Gasteiger partial charge is 0.457 e. The summed E-state index contributed by atoms with van der Waals surface area (Å²) in [5.41, 5.74) is 5.12. The van der Waals surface area contributed by atoms with Gasteiger partial charge in [-0.05, 0) is 39.8 Å². The van der Waals surface area contributed by atoms with Crippen molar-refractivity contribution in [1.29, 1.82) is 0 Å². The standard InChI is InChI=1S/C17H17N3O2.C3H6O/c1-11(2)19-20-17(21)18-16-12-7-3-5-9-14(12)22-15-10-6-4-8-13(15)16;1-3(2)4/h3-10,16H,1-2H3,(H2,18,20,21);1-2H3. The van der Waals surface area contributed by atoms with Crippen molar-refractivity contribution in [3.63, 3.8) is 0 Å². The summed E-state index contributed by atoms with van der Waals surface area (Å²) in [4.78, 5) is 21.5. The first kappa shape index (κ1) is 19.2. The summed E-state index contributed by atoms with van der Waals surface area (Å²) in [7, 11) is 0. The van der Waals surface area contributed by atoms with Crippen molar-refractivity contribution < 1.29 is 14.3 Å². The first-order valence-corrected chi connectivity index (χ1v) is 8.28. The summed E-state index contributed by atoms with van der Waals surface area (Å²) in [6.07, 6.45) is 0. The van der Waals surface area contributed by atoms with E-state index in [4.69, 9.17) is 4.74 Å². The lowest BCUT2D eigenvalue weighted by Crippen LogP contribution is -2.37. The molecule has 0 radical (unpaired) electrons. The lowest BCUT2D eigenvalue weighted by atomic mass is 9.95. The molecular weight excluding hydrogens is 330 g/mol. The van der Waals surface area contributed by atoms with E-state index in [1.807, 2.05) is 62.4 Å². The molecule has 0 bridgehead atoms. The van der Waals surface area contributed by atoms with E-state index in [2.05, 4.69) is 15.8 Å². The number of benzene rings is 2. The number of nitrogens with zero attached hydrogens (tertiary/aromatic N) is 1. The highest BCUT2D eigenvalue weighted by atomic mass is 16.5. The molecular formula is C20H23N3O3. The maximum Gasteiger partial charge on any atom is 0.335 e. The molecule has 26 heavy (non-hydrogen) atoms. The smallest absolute Gasteiger partial charge is 0.335 e. The zero-order valence-corrected chi connectivity index (χ0v) is 15.4. The molecule has 0 saturated carbocycles. The van der Waals surface area contributed by atoms with Gasteiger partial charge in [0.2, 0.25) is 0 Å². The van der Waals surface area contributed by atoms with E-state index in [0.29, 0.717) is 0 Å². The second-order valence-electron chi connectivity index (χ2n) is 6.16. The fourth-order valence-electron chi connectivity index (χ4n) is 2.39. The molecule has 0 unspecified atom stereocenters. The van der Waals surface area contributed by atoms with Gasteiger partial charge < -0.3 is 14.8 Å². The quantitative estimate of drug-likeness (QED) is 0.628. The summed E-state index contributed by atoms with van der Waals surface area (Å²) in [5, 5.41) is 6.87. The minimum Gasteiger partial charge on any atom is -0.457 e. The van der Waals surface area contributed by atoms with Crippen LogP contribution in [-0.4, -0.2) is 17.5 Å². The average Bonchev–Trinajstić information content (AvgIpc) is 2.59. The monoisotopic (exact) mass is 353 g/mol. The number of Topliss-reactive ketones (excluding diaryl/α,β-unsaturated/α-hetero) is 1. The molecule has 1 heterocycles. The molecule has 0 spiro atoms. The molecule has 136 valence electrons. The van der Waals surface area contributed by atoms with E-state index in [-0.39, 0.29) is 17.9 Å². The van der Waals surface area contributed by atoms with Crippen molar-refractivity contribution in [2.75, 3.05) is 0 Å². The summed E-state index contributed by atoms with van der Waals surface area (Å²) < 4.78 is 5.89. The number of ether oxygens (including phenoxy) is 1. The minimum absolute atomic E-state index is 0.167. The lowest BCUT2D eigenvalue weighted by molar-refractivity contribution is -0.114. The number of carbonyl (C=O) groups is 2. The first-order valence-electron chi connectivity index (χ1n) is 8.28. The zero-order chi connectivity index (χ0) is 19.1. The highest BCUT2D eigenvalue weighted by Gasteiger charge is 2.27. The molecule has 1 aliphatic heterocycles. The number of amides is 2. The molecule has 2 aromatic carbocycles. The Bertz CT molecular complexity index is 777. The Labute approximate surface area is 153 Å². The fourth-order valence-corrected chi connectivity index (χ4v) is 2.39. The Kier molecular flexibility index (Phi) is 6.49. The number of fused-ring (bicyclic) bond motifs is 2. The van der Waals surface area contributed by atoms with Crippen molar-refractivity contribution in [2.45, 2.75) is 33.7 Å². The van der Waals surface area contributed by atoms with Crippen LogP contribution in [0.5, 0.6) is 11.5 Å². The summed E-state index contributed by atoms with van der Waals surface area (Å²) >= 11 is 0. The molecule has 6 heteroatoms. The van der Waals surface area contributed by atoms with Gasteiger partial charge in [-0.2, -0.15) is 5.10 Å². The molecule has 0 aromatic heterocycles. The van der Waals surface area contributed by atoms with E-state index < -0.39 is 0 Å². The Morgan fingerprint density at radius 2 is 1.35 bits per heavy atom. The number of para-hydroxylation sites is 2. The second-order valence-corrected chi connectivity index (χ2v) is 6.16. The number of hydrogen-bond donors (Lipinski definition) is 2. The van der Waals surface area contributed by atoms with E-state index in [9.17, 15) is 9.59 Å². The van der Waals surface area contributed by atoms with Crippen molar-refractivity contribution in [3.05, 3.63) is 59.7 Å². The van der Waals surface area contributed by atoms with Gasteiger partial charge in [-0.15, -0.1) is 0 Å². The van der Waals surface area contributed by atoms with Gasteiger partial charge >= 0.3 is 6.03 Å². The second kappa shape index (κ2) is 8.80. The lowest BCUT2D eigenvalue weighted by Gasteiger charge is -2.28. The maximum absolute atomic E-state index is 12.1. The third-order valence-electron chi connectivity index (χ3n) is 3.34. The van der Waals surface area contributed by atoms with Crippen LogP contribution in [0.3, 0.4) is 0 Å². The topological polar surface area (TPSA) is 79.8 Å². The molecule has 0 aliphatic carbocycles. The van der Waals surface area contributed by atoms with Gasteiger partial charge in [0.25, 0.3) is 0 Å². The van der Waals surface area contributed by atoms with Crippen LogP contribution in [0, 0.1) is 0 Å². The van der Waals surface area contributed by atoms with Crippen molar-refractivity contribution >= 4 is 17.5 Å². The fraction of sp³-hybridized carbons (Fsp3) is 0.250. The molecule has 0 saturated heterocycles. The summed E-state index contributed by atoms with van der Waals surface area (Å²) in [5.74, 6) is 1.67. The predicted octanol–water partition coefficient (Wildman–Crippen LogP) is 4.17. The van der Waals surface area contributed by atoms with Crippen LogP contribution in [-0.2, 0) is 4.79 Å². The number of rotatable bonds is 2. The Morgan fingerprint density at radius 1 is 0.885 bits per heavy atom. The van der Waals surface area contributed by atoms with Crippen LogP contribution in [0.15, 0.2) is 53.6 Å². The van der Waals surface area contributed by atoms with Crippen LogP contribution >= 0.6 is 0 Å². The van der Waals surface area contributed by atoms with Gasteiger partial charge in [0.15, 0.2) is 0 Å². The van der Waals surface area contributed by atoms with Gasteiger partial charge in [0.05, 0.1) is 6.04 Å².